The maximum absolute atomic E-state index is 12.0. The second-order valence-corrected chi connectivity index (χ2v) is 5.07. The molecule has 0 radical (unpaired) electrons. The van der Waals surface area contributed by atoms with Crippen LogP contribution >= 0.6 is 0 Å². The molecule has 5 nitrogen and oxygen atoms in total. The molecule has 1 unspecified atom stereocenters. The molecule has 5 heteroatoms. The summed E-state index contributed by atoms with van der Waals surface area (Å²) in [6.07, 6.45) is 9.68. The van der Waals surface area contributed by atoms with Gasteiger partial charge in [0, 0.05) is 18.0 Å². The minimum absolute atomic E-state index is 0.0429. The molecule has 0 amide bonds. The molecule has 1 heterocycles. The second kappa shape index (κ2) is 5.77. The highest BCUT2D eigenvalue weighted by Gasteiger charge is 2.30. The lowest BCUT2D eigenvalue weighted by Crippen LogP contribution is -2.27. The quantitative estimate of drug-likeness (QED) is 0.850. The van der Waals surface area contributed by atoms with E-state index < -0.39 is 5.97 Å². The van der Waals surface area contributed by atoms with Gasteiger partial charge >= 0.3 is 5.97 Å². The molecular formula is C15H17NO4. The van der Waals surface area contributed by atoms with E-state index in [4.69, 9.17) is 9.84 Å². The third-order valence-corrected chi connectivity index (χ3v) is 3.18. The van der Waals surface area contributed by atoms with Crippen molar-refractivity contribution in [1.29, 1.82) is 0 Å². The van der Waals surface area contributed by atoms with Crippen LogP contribution in [-0.4, -0.2) is 28.3 Å². The molecule has 2 aliphatic rings. The molecule has 0 bridgehead atoms. The van der Waals surface area contributed by atoms with E-state index in [2.05, 4.69) is 0 Å². The van der Waals surface area contributed by atoms with E-state index in [-0.39, 0.29) is 24.2 Å². The highest BCUT2D eigenvalue weighted by Crippen LogP contribution is 2.32. The van der Waals surface area contributed by atoms with Gasteiger partial charge in [0.05, 0.1) is 5.92 Å². The lowest BCUT2D eigenvalue weighted by Gasteiger charge is -2.27. The van der Waals surface area contributed by atoms with Crippen molar-refractivity contribution in [3.05, 3.63) is 48.2 Å². The molecule has 1 aliphatic carbocycles. The number of carboxylic acids is 1. The number of aliphatic carboxylic acids is 1. The first kappa shape index (κ1) is 14.1. The normalized spacial score (nSPS) is 21.6. The summed E-state index contributed by atoms with van der Waals surface area (Å²) in [5, 5.41) is 8.82. The van der Waals surface area contributed by atoms with E-state index in [1.807, 2.05) is 19.9 Å². The van der Waals surface area contributed by atoms with E-state index in [9.17, 15) is 9.59 Å². The summed E-state index contributed by atoms with van der Waals surface area (Å²) in [6.45, 7) is 3.81. The highest BCUT2D eigenvalue weighted by atomic mass is 16.5. The first-order chi connectivity index (χ1) is 9.49. The monoisotopic (exact) mass is 275 g/mol. The van der Waals surface area contributed by atoms with Gasteiger partial charge < -0.3 is 14.7 Å². The lowest BCUT2D eigenvalue weighted by molar-refractivity contribution is -0.137. The average Bonchev–Trinajstić information content (AvgIpc) is 2.37. The van der Waals surface area contributed by atoms with Crippen molar-refractivity contribution in [3.63, 3.8) is 0 Å². The molecule has 1 N–H and O–H groups in total. The van der Waals surface area contributed by atoms with Crippen LogP contribution in [0.3, 0.4) is 0 Å². The fraction of sp³-hybridized carbons (Fsp3) is 0.333. The summed E-state index contributed by atoms with van der Waals surface area (Å²) in [5.74, 6) is -0.487. The van der Waals surface area contributed by atoms with Gasteiger partial charge in [0.25, 0.3) is 0 Å². The molecule has 0 fully saturated rings. The predicted molar refractivity (Wildman–Crippen MR) is 73.2 cm³/mol. The molecule has 1 atom stereocenters. The van der Waals surface area contributed by atoms with Crippen LogP contribution in [-0.2, 0) is 14.3 Å². The molecule has 0 aromatic rings. The molecule has 2 rings (SSSR count). The summed E-state index contributed by atoms with van der Waals surface area (Å²) in [7, 11) is 0. The summed E-state index contributed by atoms with van der Waals surface area (Å²) in [5.41, 5.74) is 0.784. The zero-order chi connectivity index (χ0) is 14.7. The number of ether oxygens (including phenoxy) is 1. The van der Waals surface area contributed by atoms with Crippen LogP contribution in [0, 0.1) is 11.8 Å². The maximum atomic E-state index is 12.0. The predicted octanol–water partition coefficient (Wildman–Crippen LogP) is 2.05. The van der Waals surface area contributed by atoms with Gasteiger partial charge in [0.2, 0.25) is 0 Å². The second-order valence-electron chi connectivity index (χ2n) is 5.07. The third-order valence-electron chi connectivity index (χ3n) is 3.18. The molecule has 0 saturated heterocycles. The van der Waals surface area contributed by atoms with Crippen LogP contribution in [0.15, 0.2) is 48.2 Å². The van der Waals surface area contributed by atoms with Crippen LogP contribution in [0.2, 0.25) is 0 Å². The van der Waals surface area contributed by atoms with E-state index in [0.29, 0.717) is 5.76 Å². The SMILES string of the molecule is CC(C)C1C(=O)C=CC=C1C1=CN(CC(=O)O)C=CO1. The zero-order valence-corrected chi connectivity index (χ0v) is 11.4. The van der Waals surface area contributed by atoms with Crippen LogP contribution < -0.4 is 0 Å². The Labute approximate surface area is 117 Å². The van der Waals surface area contributed by atoms with E-state index in [1.165, 1.54) is 11.2 Å². The molecule has 0 saturated carbocycles. The first-order valence-corrected chi connectivity index (χ1v) is 6.44. The number of hydrogen-bond acceptors (Lipinski definition) is 4. The topological polar surface area (TPSA) is 66.8 Å². The standard InChI is InChI=1S/C15H17NO4/c1-10(2)15-11(4-3-5-12(15)17)13-8-16(6-7-20-13)9-14(18)19/h3-8,10,15H,9H2,1-2H3,(H,18,19). The molecule has 1 aliphatic heterocycles. The Morgan fingerprint density at radius 3 is 2.90 bits per heavy atom. The Kier molecular flexibility index (Phi) is 4.08. The first-order valence-electron chi connectivity index (χ1n) is 6.44. The van der Waals surface area contributed by atoms with Crippen molar-refractivity contribution in [3.8, 4) is 0 Å². The highest BCUT2D eigenvalue weighted by molar-refractivity contribution is 5.96. The average molecular weight is 275 g/mol. The van der Waals surface area contributed by atoms with Crippen molar-refractivity contribution in [2.45, 2.75) is 13.8 Å². The van der Waals surface area contributed by atoms with Crippen molar-refractivity contribution < 1.29 is 19.4 Å². The Morgan fingerprint density at radius 1 is 1.50 bits per heavy atom. The number of ketones is 1. The third kappa shape index (κ3) is 2.99. The molecule has 0 aromatic carbocycles. The molecule has 0 aromatic heterocycles. The van der Waals surface area contributed by atoms with Crippen molar-refractivity contribution in [2.24, 2.45) is 11.8 Å². The number of carbonyl (C=O) groups excluding carboxylic acids is 1. The Morgan fingerprint density at radius 2 is 2.25 bits per heavy atom. The van der Waals surface area contributed by atoms with Gasteiger partial charge in [0.15, 0.2) is 5.78 Å². The van der Waals surface area contributed by atoms with Gasteiger partial charge in [-0.25, -0.2) is 0 Å². The molecular weight excluding hydrogens is 258 g/mol. The van der Waals surface area contributed by atoms with Crippen molar-refractivity contribution >= 4 is 11.8 Å². The minimum Gasteiger partial charge on any atom is -0.480 e. The number of nitrogens with zero attached hydrogens (tertiary/aromatic N) is 1. The van der Waals surface area contributed by atoms with Gasteiger partial charge in [-0.3, -0.25) is 9.59 Å². The van der Waals surface area contributed by atoms with Crippen LogP contribution in [0.4, 0.5) is 0 Å². The number of hydrogen-bond donors (Lipinski definition) is 1. The van der Waals surface area contributed by atoms with Crippen LogP contribution in [0.1, 0.15) is 13.8 Å². The number of allylic oxidation sites excluding steroid dienone is 4. The summed E-state index contributed by atoms with van der Waals surface area (Å²) < 4.78 is 5.45. The largest absolute Gasteiger partial charge is 0.480 e. The van der Waals surface area contributed by atoms with Crippen molar-refractivity contribution in [1.82, 2.24) is 4.90 Å². The smallest absolute Gasteiger partial charge is 0.323 e. The summed E-state index contributed by atoms with van der Waals surface area (Å²) in [6, 6.07) is 0. The zero-order valence-electron chi connectivity index (χ0n) is 11.4. The Balaban J connectivity index is 2.27. The summed E-state index contributed by atoms with van der Waals surface area (Å²) in [4.78, 5) is 24.3. The van der Waals surface area contributed by atoms with E-state index in [1.54, 1.807) is 24.6 Å². The van der Waals surface area contributed by atoms with Gasteiger partial charge in [-0.15, -0.1) is 0 Å². The lowest BCUT2D eigenvalue weighted by atomic mass is 9.81. The van der Waals surface area contributed by atoms with Crippen molar-refractivity contribution in [2.75, 3.05) is 6.54 Å². The Hall–Kier alpha value is -2.30. The number of rotatable bonds is 4. The van der Waals surface area contributed by atoms with Gasteiger partial charge in [-0.05, 0) is 12.0 Å². The number of carbonyl (C=O) groups is 2. The van der Waals surface area contributed by atoms with Gasteiger partial charge in [-0.2, -0.15) is 0 Å². The van der Waals surface area contributed by atoms with Gasteiger partial charge in [0.1, 0.15) is 18.6 Å². The fourth-order valence-electron chi connectivity index (χ4n) is 2.33. The van der Waals surface area contributed by atoms with Crippen LogP contribution in [0.5, 0.6) is 0 Å². The maximum Gasteiger partial charge on any atom is 0.323 e. The van der Waals surface area contributed by atoms with E-state index in [0.717, 1.165) is 5.57 Å². The number of carboxylic acid groups (broad SMARTS) is 1. The summed E-state index contributed by atoms with van der Waals surface area (Å²) >= 11 is 0. The molecule has 0 spiro atoms. The Bertz CT molecular complexity index is 540. The molecule has 20 heavy (non-hydrogen) atoms. The van der Waals surface area contributed by atoms with Gasteiger partial charge in [-0.1, -0.05) is 26.0 Å². The van der Waals surface area contributed by atoms with E-state index >= 15 is 0 Å². The minimum atomic E-state index is -0.929. The molecule has 106 valence electrons. The van der Waals surface area contributed by atoms with Crippen LogP contribution in [0.25, 0.3) is 0 Å². The fourth-order valence-corrected chi connectivity index (χ4v) is 2.33.